The minimum absolute atomic E-state index is 0.0163. The van der Waals surface area contributed by atoms with Crippen molar-refractivity contribution in [2.24, 2.45) is 0 Å². The van der Waals surface area contributed by atoms with Crippen molar-refractivity contribution in [1.82, 2.24) is 0 Å². The van der Waals surface area contributed by atoms with Crippen LogP contribution in [-0.4, -0.2) is 12.1 Å². The Labute approximate surface area is 101 Å². The minimum atomic E-state index is -0.580. The van der Waals surface area contributed by atoms with Crippen LogP contribution in [0.3, 0.4) is 0 Å². The van der Waals surface area contributed by atoms with E-state index in [2.05, 4.69) is 0 Å². The van der Waals surface area contributed by atoms with Crippen molar-refractivity contribution in [3.63, 3.8) is 0 Å². The van der Waals surface area contributed by atoms with Gasteiger partial charge < -0.3 is 4.74 Å². The van der Waals surface area contributed by atoms with Gasteiger partial charge in [0.1, 0.15) is 11.6 Å². The van der Waals surface area contributed by atoms with Crippen molar-refractivity contribution < 1.29 is 9.53 Å². The summed E-state index contributed by atoms with van der Waals surface area (Å²) in [7, 11) is 0. The number of carbonyl (C=O) groups excluding carboxylic acids is 1. The van der Waals surface area contributed by atoms with Gasteiger partial charge in [-0.25, -0.2) is 4.79 Å². The first kappa shape index (κ1) is 13.0. The highest BCUT2D eigenvalue weighted by Crippen LogP contribution is 2.10. The molecule has 1 rings (SSSR count). The SMILES string of the molecule is Cc1ccc(/C=C(\C#N)C(=O)OC(C)C)cc1. The predicted octanol–water partition coefficient (Wildman–Crippen LogP) is 2.85. The molecule has 3 heteroatoms. The summed E-state index contributed by atoms with van der Waals surface area (Å²) >= 11 is 0. The van der Waals surface area contributed by atoms with E-state index in [4.69, 9.17) is 10.00 Å². The third-order valence-corrected chi connectivity index (χ3v) is 2.07. The van der Waals surface area contributed by atoms with Gasteiger partial charge in [-0.3, -0.25) is 0 Å². The molecule has 0 radical (unpaired) electrons. The number of benzene rings is 1. The normalized spacial score (nSPS) is 11.1. The van der Waals surface area contributed by atoms with Crippen LogP contribution in [0.2, 0.25) is 0 Å². The number of esters is 1. The summed E-state index contributed by atoms with van der Waals surface area (Å²) in [4.78, 5) is 11.5. The highest BCUT2D eigenvalue weighted by Gasteiger charge is 2.11. The van der Waals surface area contributed by atoms with E-state index >= 15 is 0 Å². The highest BCUT2D eigenvalue weighted by molar-refractivity contribution is 5.97. The lowest BCUT2D eigenvalue weighted by Crippen LogP contribution is -2.12. The average Bonchev–Trinajstić information content (AvgIpc) is 2.27. The Kier molecular flexibility index (Phi) is 4.47. The zero-order valence-electron chi connectivity index (χ0n) is 10.2. The number of nitrogens with zero attached hydrogens (tertiary/aromatic N) is 1. The molecule has 0 atom stereocenters. The van der Waals surface area contributed by atoms with E-state index in [1.54, 1.807) is 13.8 Å². The molecule has 0 spiro atoms. The molecule has 0 bridgehead atoms. The van der Waals surface area contributed by atoms with Crippen molar-refractivity contribution in [3.05, 3.63) is 41.0 Å². The molecular formula is C14H15NO2. The Morgan fingerprint density at radius 3 is 2.41 bits per heavy atom. The van der Waals surface area contributed by atoms with Gasteiger partial charge in [0.2, 0.25) is 0 Å². The van der Waals surface area contributed by atoms with Crippen molar-refractivity contribution in [3.8, 4) is 6.07 Å². The van der Waals surface area contributed by atoms with Crippen LogP contribution < -0.4 is 0 Å². The Balaban J connectivity index is 2.91. The fraction of sp³-hybridized carbons (Fsp3) is 0.286. The molecular weight excluding hydrogens is 214 g/mol. The van der Waals surface area contributed by atoms with Crippen LogP contribution in [0.4, 0.5) is 0 Å². The first-order chi connectivity index (χ1) is 8.02. The summed E-state index contributed by atoms with van der Waals surface area (Å²) in [6, 6.07) is 9.42. The van der Waals surface area contributed by atoms with E-state index < -0.39 is 5.97 Å². The molecule has 1 aromatic rings. The molecule has 0 amide bonds. The number of rotatable bonds is 3. The van der Waals surface area contributed by atoms with Gasteiger partial charge in [-0.05, 0) is 32.4 Å². The second kappa shape index (κ2) is 5.86. The Morgan fingerprint density at radius 1 is 1.35 bits per heavy atom. The van der Waals surface area contributed by atoms with Gasteiger partial charge in [0, 0.05) is 0 Å². The zero-order valence-corrected chi connectivity index (χ0v) is 10.2. The second-order valence-corrected chi connectivity index (χ2v) is 4.03. The third-order valence-electron chi connectivity index (χ3n) is 2.07. The molecule has 0 saturated carbocycles. The van der Waals surface area contributed by atoms with Gasteiger partial charge in [0.15, 0.2) is 0 Å². The maximum Gasteiger partial charge on any atom is 0.349 e. The minimum Gasteiger partial charge on any atom is -0.459 e. The molecule has 1 aromatic carbocycles. The maximum atomic E-state index is 11.5. The smallest absolute Gasteiger partial charge is 0.349 e. The summed E-state index contributed by atoms with van der Waals surface area (Å²) < 4.78 is 4.97. The maximum absolute atomic E-state index is 11.5. The van der Waals surface area contributed by atoms with Crippen molar-refractivity contribution >= 4 is 12.0 Å². The fourth-order valence-electron chi connectivity index (χ4n) is 1.24. The van der Waals surface area contributed by atoms with E-state index in [9.17, 15) is 4.79 Å². The van der Waals surface area contributed by atoms with Crippen LogP contribution in [-0.2, 0) is 9.53 Å². The van der Waals surface area contributed by atoms with Crippen LogP contribution in [0, 0.1) is 18.3 Å². The van der Waals surface area contributed by atoms with E-state index in [0.717, 1.165) is 11.1 Å². The molecule has 17 heavy (non-hydrogen) atoms. The second-order valence-electron chi connectivity index (χ2n) is 4.03. The van der Waals surface area contributed by atoms with E-state index in [-0.39, 0.29) is 11.7 Å². The quantitative estimate of drug-likeness (QED) is 0.455. The molecule has 0 heterocycles. The lowest BCUT2D eigenvalue weighted by atomic mass is 10.1. The number of ether oxygens (including phenoxy) is 1. The highest BCUT2D eigenvalue weighted by atomic mass is 16.5. The predicted molar refractivity (Wildman–Crippen MR) is 66.0 cm³/mol. The van der Waals surface area contributed by atoms with E-state index in [0.29, 0.717) is 0 Å². The molecule has 0 aliphatic heterocycles. The van der Waals surface area contributed by atoms with Gasteiger partial charge >= 0.3 is 5.97 Å². The topological polar surface area (TPSA) is 50.1 Å². The molecule has 0 aromatic heterocycles. The van der Waals surface area contributed by atoms with Crippen molar-refractivity contribution in [2.75, 3.05) is 0 Å². The molecule has 3 nitrogen and oxygen atoms in total. The van der Waals surface area contributed by atoms with Crippen LogP contribution in [0.5, 0.6) is 0 Å². The van der Waals surface area contributed by atoms with Gasteiger partial charge in [-0.2, -0.15) is 5.26 Å². The molecule has 88 valence electrons. The van der Waals surface area contributed by atoms with Gasteiger partial charge in [0.25, 0.3) is 0 Å². The fourth-order valence-corrected chi connectivity index (χ4v) is 1.24. The molecule has 0 saturated heterocycles. The molecule has 0 aliphatic carbocycles. The first-order valence-electron chi connectivity index (χ1n) is 5.42. The summed E-state index contributed by atoms with van der Waals surface area (Å²) in [5, 5.41) is 8.91. The van der Waals surface area contributed by atoms with E-state index in [1.165, 1.54) is 6.08 Å². The monoisotopic (exact) mass is 229 g/mol. The van der Waals surface area contributed by atoms with Gasteiger partial charge in [-0.1, -0.05) is 29.8 Å². The van der Waals surface area contributed by atoms with Crippen molar-refractivity contribution in [2.45, 2.75) is 26.9 Å². The standard InChI is InChI=1S/C14H15NO2/c1-10(2)17-14(16)13(9-15)8-12-6-4-11(3)5-7-12/h4-8,10H,1-3H3/b13-8+. The summed E-state index contributed by atoms with van der Waals surface area (Å²) in [6.45, 7) is 5.48. The van der Waals surface area contributed by atoms with E-state index in [1.807, 2.05) is 37.3 Å². The Bertz CT molecular complexity index is 464. The Hall–Kier alpha value is -2.08. The van der Waals surface area contributed by atoms with Crippen LogP contribution >= 0.6 is 0 Å². The number of aryl methyl sites for hydroxylation is 1. The summed E-state index contributed by atoms with van der Waals surface area (Å²) in [5.41, 5.74) is 1.96. The first-order valence-corrected chi connectivity index (χ1v) is 5.42. The van der Waals surface area contributed by atoms with Gasteiger partial charge in [-0.15, -0.1) is 0 Å². The lowest BCUT2D eigenvalue weighted by Gasteiger charge is -2.06. The van der Waals surface area contributed by atoms with Crippen LogP contribution in [0.1, 0.15) is 25.0 Å². The molecule has 0 fully saturated rings. The largest absolute Gasteiger partial charge is 0.459 e. The molecule has 0 N–H and O–H groups in total. The van der Waals surface area contributed by atoms with Crippen LogP contribution in [0.25, 0.3) is 6.08 Å². The third kappa shape index (κ3) is 4.12. The zero-order chi connectivity index (χ0) is 12.8. The summed E-state index contributed by atoms with van der Waals surface area (Å²) in [5.74, 6) is -0.580. The Morgan fingerprint density at radius 2 is 1.94 bits per heavy atom. The van der Waals surface area contributed by atoms with Crippen LogP contribution in [0.15, 0.2) is 29.8 Å². The number of hydrogen-bond acceptors (Lipinski definition) is 3. The number of hydrogen-bond donors (Lipinski definition) is 0. The average molecular weight is 229 g/mol. The summed E-state index contributed by atoms with van der Waals surface area (Å²) in [6.07, 6.45) is 1.31. The molecule has 0 aliphatic rings. The van der Waals surface area contributed by atoms with Gasteiger partial charge in [0.05, 0.1) is 6.10 Å². The lowest BCUT2D eigenvalue weighted by molar-refractivity contribution is -0.142. The number of nitriles is 1. The van der Waals surface area contributed by atoms with Crippen molar-refractivity contribution in [1.29, 1.82) is 5.26 Å². The molecule has 0 unspecified atom stereocenters. The number of carbonyl (C=O) groups is 1.